The molecule has 1 aromatic carbocycles. The van der Waals surface area contributed by atoms with Crippen molar-refractivity contribution in [3.05, 3.63) is 40.8 Å². The highest BCUT2D eigenvalue weighted by molar-refractivity contribution is 8.18. The first kappa shape index (κ1) is 19.6. The van der Waals surface area contributed by atoms with Crippen LogP contribution in [-0.4, -0.2) is 48.4 Å². The number of amidine groups is 1. The van der Waals surface area contributed by atoms with Gasteiger partial charge in [0, 0.05) is 24.0 Å². The highest BCUT2D eigenvalue weighted by atomic mass is 32.2. The van der Waals surface area contributed by atoms with Crippen LogP contribution in [0.3, 0.4) is 0 Å². The van der Waals surface area contributed by atoms with Crippen molar-refractivity contribution < 1.29 is 9.53 Å². The summed E-state index contributed by atoms with van der Waals surface area (Å²) in [5.41, 5.74) is 1.93. The molecule has 2 aromatic rings. The first-order valence-electron chi connectivity index (χ1n) is 10.8. The van der Waals surface area contributed by atoms with E-state index in [1.165, 1.54) is 31.0 Å². The van der Waals surface area contributed by atoms with Crippen LogP contribution < -0.4 is 10.2 Å². The zero-order chi connectivity index (χ0) is 20.3. The lowest BCUT2D eigenvalue weighted by molar-refractivity contribution is -0.115. The van der Waals surface area contributed by atoms with Crippen LogP contribution in [0.4, 0.5) is 5.82 Å². The van der Waals surface area contributed by atoms with Gasteiger partial charge in [-0.2, -0.15) is 0 Å². The molecule has 0 atom stereocenters. The molecule has 1 amide bonds. The predicted octanol–water partition coefficient (Wildman–Crippen LogP) is 3.96. The second-order valence-electron chi connectivity index (χ2n) is 7.98. The van der Waals surface area contributed by atoms with Gasteiger partial charge in [0.25, 0.3) is 5.91 Å². The Morgan fingerprint density at radius 3 is 2.80 bits per heavy atom. The molecule has 0 unspecified atom stereocenters. The smallest absolute Gasteiger partial charge is 0.264 e. The lowest BCUT2D eigenvalue weighted by Crippen LogP contribution is -2.37. The minimum Gasteiger partial charge on any atom is -0.378 e. The van der Waals surface area contributed by atoms with Gasteiger partial charge in [0.2, 0.25) is 0 Å². The molecule has 0 radical (unpaired) electrons. The van der Waals surface area contributed by atoms with Gasteiger partial charge >= 0.3 is 0 Å². The Kier molecular flexibility index (Phi) is 5.73. The van der Waals surface area contributed by atoms with Crippen LogP contribution in [0.1, 0.15) is 37.7 Å². The summed E-state index contributed by atoms with van der Waals surface area (Å²) < 4.78 is 5.52. The lowest BCUT2D eigenvalue weighted by Gasteiger charge is -2.29. The summed E-state index contributed by atoms with van der Waals surface area (Å²) >= 11 is 1.45. The zero-order valence-corrected chi connectivity index (χ0v) is 17.8. The van der Waals surface area contributed by atoms with Gasteiger partial charge in [-0.1, -0.05) is 37.5 Å². The van der Waals surface area contributed by atoms with Gasteiger partial charge in [-0.15, -0.1) is 0 Å². The summed E-state index contributed by atoms with van der Waals surface area (Å²) in [5, 5.41) is 4.77. The first-order chi connectivity index (χ1) is 14.8. The fourth-order valence-corrected chi connectivity index (χ4v) is 5.15. The average molecular weight is 423 g/mol. The molecule has 1 saturated carbocycles. The number of nitrogens with one attached hydrogen (secondary N) is 1. The maximum atomic E-state index is 12.6. The minimum atomic E-state index is -0.0735. The number of carbonyl (C=O) groups excluding carboxylic acids is 1. The van der Waals surface area contributed by atoms with Gasteiger partial charge < -0.3 is 15.0 Å². The van der Waals surface area contributed by atoms with Crippen molar-refractivity contribution in [1.29, 1.82) is 0 Å². The normalized spacial score (nSPS) is 23.5. The molecule has 2 saturated heterocycles. The Balaban J connectivity index is 1.47. The van der Waals surface area contributed by atoms with Crippen molar-refractivity contribution in [2.24, 2.45) is 4.99 Å². The Hall–Kier alpha value is -2.38. The number of nitrogens with zero attached hydrogens (tertiary/aromatic N) is 3. The number of morpholine rings is 1. The minimum absolute atomic E-state index is 0.0735. The van der Waals surface area contributed by atoms with Gasteiger partial charge in [0.15, 0.2) is 5.17 Å². The first-order valence-corrected chi connectivity index (χ1v) is 11.6. The van der Waals surface area contributed by atoms with E-state index in [9.17, 15) is 4.79 Å². The van der Waals surface area contributed by atoms with Crippen molar-refractivity contribution in [3.63, 3.8) is 0 Å². The quantitative estimate of drug-likeness (QED) is 0.759. The van der Waals surface area contributed by atoms with E-state index in [2.05, 4.69) is 22.3 Å². The number of ether oxygens (including phenoxy) is 1. The van der Waals surface area contributed by atoms with Gasteiger partial charge in [-0.25, -0.2) is 4.98 Å². The van der Waals surface area contributed by atoms with Crippen LogP contribution >= 0.6 is 11.8 Å². The van der Waals surface area contributed by atoms with Crippen LogP contribution in [0.5, 0.6) is 0 Å². The topological polar surface area (TPSA) is 66.8 Å². The number of rotatable bonds is 3. The average Bonchev–Trinajstić information content (AvgIpc) is 3.13. The molecular weight excluding hydrogens is 396 g/mol. The molecule has 1 aliphatic carbocycles. The molecule has 1 N–H and O–H groups in total. The summed E-state index contributed by atoms with van der Waals surface area (Å²) in [6.07, 6.45) is 7.96. The molecule has 3 fully saturated rings. The van der Waals surface area contributed by atoms with Gasteiger partial charge in [-0.3, -0.25) is 9.79 Å². The fourth-order valence-electron chi connectivity index (χ4n) is 4.26. The Labute approximate surface area is 180 Å². The van der Waals surface area contributed by atoms with Crippen LogP contribution in [0.25, 0.3) is 17.0 Å². The molecule has 0 spiro atoms. The second-order valence-corrected chi connectivity index (χ2v) is 9.01. The van der Waals surface area contributed by atoms with Crippen LogP contribution in [0, 0.1) is 0 Å². The summed E-state index contributed by atoms with van der Waals surface area (Å²) in [6.45, 7) is 2.99. The van der Waals surface area contributed by atoms with E-state index in [0.29, 0.717) is 24.2 Å². The molecule has 2 aliphatic heterocycles. The third-order valence-corrected chi connectivity index (χ3v) is 6.78. The van der Waals surface area contributed by atoms with Crippen LogP contribution in [-0.2, 0) is 9.53 Å². The second kappa shape index (κ2) is 8.78. The molecule has 3 heterocycles. The van der Waals surface area contributed by atoms with E-state index >= 15 is 0 Å². The third-order valence-electron chi connectivity index (χ3n) is 5.85. The van der Waals surface area contributed by atoms with Crippen LogP contribution in [0.15, 0.2) is 40.2 Å². The summed E-state index contributed by atoms with van der Waals surface area (Å²) in [7, 11) is 0. The molecule has 30 heavy (non-hydrogen) atoms. The molecule has 3 aliphatic rings. The standard InChI is InChI=1S/C23H26N4O2S/c28-22-20(30-23(26-22)24-18-7-2-1-3-8-18)15-17-14-16-6-4-5-9-19(16)25-21(17)27-10-12-29-13-11-27/h4-6,9,14-15,18H,1-3,7-8,10-13H2,(H,24,26,28)/b20-15-. The SMILES string of the molecule is O=C1NC(=NC2CCCCC2)S/C1=C\c1cc2ccccc2nc1N1CCOCC1. The molecule has 0 bridgehead atoms. The maximum absolute atomic E-state index is 12.6. The number of carbonyl (C=O) groups is 1. The van der Waals surface area contributed by atoms with Gasteiger partial charge in [0.05, 0.1) is 29.7 Å². The number of amides is 1. The largest absolute Gasteiger partial charge is 0.378 e. The number of anilines is 1. The number of fused-ring (bicyclic) bond motifs is 1. The lowest BCUT2D eigenvalue weighted by atomic mass is 9.96. The Morgan fingerprint density at radius 2 is 1.97 bits per heavy atom. The van der Waals surface area contributed by atoms with Gasteiger partial charge in [-0.05, 0) is 42.8 Å². The number of aromatic nitrogens is 1. The highest BCUT2D eigenvalue weighted by Gasteiger charge is 2.26. The summed E-state index contributed by atoms with van der Waals surface area (Å²) in [6, 6.07) is 10.6. The molecule has 156 valence electrons. The van der Waals surface area contributed by atoms with Crippen molar-refractivity contribution in [3.8, 4) is 0 Å². The number of para-hydroxylation sites is 1. The van der Waals surface area contributed by atoms with Crippen molar-refractivity contribution in [1.82, 2.24) is 10.3 Å². The summed E-state index contributed by atoms with van der Waals surface area (Å²) in [4.78, 5) is 25.3. The van der Waals surface area contributed by atoms with E-state index in [1.54, 1.807) is 0 Å². The van der Waals surface area contributed by atoms with E-state index in [1.807, 2.05) is 24.3 Å². The third kappa shape index (κ3) is 4.23. The molecular formula is C23H26N4O2S. The van der Waals surface area contributed by atoms with Crippen molar-refractivity contribution in [2.75, 3.05) is 31.2 Å². The Morgan fingerprint density at radius 1 is 1.17 bits per heavy atom. The van der Waals surface area contributed by atoms with E-state index < -0.39 is 0 Å². The van der Waals surface area contributed by atoms with Crippen molar-refractivity contribution in [2.45, 2.75) is 38.1 Å². The fraction of sp³-hybridized carbons (Fsp3) is 0.435. The monoisotopic (exact) mass is 422 g/mol. The van der Waals surface area contributed by atoms with Crippen LogP contribution in [0.2, 0.25) is 0 Å². The Bertz CT molecular complexity index is 1010. The maximum Gasteiger partial charge on any atom is 0.264 e. The van der Waals surface area contributed by atoms with Gasteiger partial charge in [0.1, 0.15) is 5.82 Å². The number of thioether (sulfide) groups is 1. The van der Waals surface area contributed by atoms with E-state index in [4.69, 9.17) is 14.7 Å². The molecule has 1 aromatic heterocycles. The highest BCUT2D eigenvalue weighted by Crippen LogP contribution is 2.32. The number of benzene rings is 1. The molecule has 7 heteroatoms. The number of pyridine rings is 1. The van der Waals surface area contributed by atoms with Crippen molar-refractivity contribution >= 4 is 45.6 Å². The predicted molar refractivity (Wildman–Crippen MR) is 123 cm³/mol. The summed E-state index contributed by atoms with van der Waals surface area (Å²) in [5.74, 6) is 0.839. The van der Waals surface area contributed by atoms with E-state index in [0.717, 1.165) is 53.4 Å². The number of aliphatic imine (C=N–C) groups is 1. The molecule has 6 nitrogen and oxygen atoms in total. The molecule has 5 rings (SSSR count). The van der Waals surface area contributed by atoms with E-state index in [-0.39, 0.29) is 5.91 Å². The number of hydrogen-bond acceptors (Lipinski definition) is 6. The number of hydrogen-bond donors (Lipinski definition) is 1. The zero-order valence-electron chi connectivity index (χ0n) is 17.0.